The Kier molecular flexibility index (Phi) is 11.7. The maximum Gasteiger partial charge on any atom is 0.105 e. The summed E-state index contributed by atoms with van der Waals surface area (Å²) in [4.78, 5) is 2.30. The summed E-state index contributed by atoms with van der Waals surface area (Å²) < 4.78 is 10.8. The van der Waals surface area contributed by atoms with E-state index in [-0.39, 0.29) is 0 Å². The molecule has 0 saturated carbocycles. The molecule has 5 nitrogen and oxygen atoms in total. The zero-order valence-corrected chi connectivity index (χ0v) is 13.6. The van der Waals surface area contributed by atoms with Crippen LogP contribution in [0, 0.1) is 11.3 Å². The van der Waals surface area contributed by atoms with Gasteiger partial charge in [-0.25, -0.2) is 0 Å². The number of nitriles is 1. The van der Waals surface area contributed by atoms with Crippen LogP contribution in [0.1, 0.15) is 34.1 Å². The molecule has 1 unspecified atom stereocenters. The Labute approximate surface area is 124 Å². The molecule has 0 heterocycles. The van der Waals surface area contributed by atoms with Crippen LogP contribution in [0.4, 0.5) is 0 Å². The first-order valence-electron chi connectivity index (χ1n) is 7.66. The molecule has 0 radical (unpaired) electrons. The van der Waals surface area contributed by atoms with E-state index >= 15 is 0 Å². The second-order valence-corrected chi connectivity index (χ2v) is 4.96. The summed E-state index contributed by atoms with van der Waals surface area (Å²) >= 11 is 0. The predicted octanol–water partition coefficient (Wildman–Crippen LogP) is 1.64. The Morgan fingerprint density at radius 1 is 1.05 bits per heavy atom. The van der Waals surface area contributed by atoms with Crippen LogP contribution in [0.25, 0.3) is 0 Å². The molecule has 0 saturated heterocycles. The number of rotatable bonds is 13. The molecule has 0 aromatic carbocycles. The van der Waals surface area contributed by atoms with Gasteiger partial charge in [0, 0.05) is 32.8 Å². The number of ether oxygens (including phenoxy) is 2. The largest absolute Gasteiger partial charge is 0.380 e. The Bertz CT molecular complexity index is 258. The molecule has 0 amide bonds. The molecule has 0 aromatic heterocycles. The van der Waals surface area contributed by atoms with Gasteiger partial charge in [0.15, 0.2) is 0 Å². The van der Waals surface area contributed by atoms with Gasteiger partial charge in [-0.3, -0.25) is 10.2 Å². The summed E-state index contributed by atoms with van der Waals surface area (Å²) in [6.45, 7) is 14.4. The summed E-state index contributed by atoms with van der Waals surface area (Å²) in [6, 6.07) is 2.37. The molecular formula is C15H31N3O2. The zero-order valence-electron chi connectivity index (χ0n) is 13.6. The fourth-order valence-corrected chi connectivity index (χ4v) is 1.97. The van der Waals surface area contributed by atoms with Crippen molar-refractivity contribution in [3.05, 3.63) is 0 Å². The highest BCUT2D eigenvalue weighted by Gasteiger charge is 2.23. The topological polar surface area (TPSA) is 57.5 Å². The van der Waals surface area contributed by atoms with Gasteiger partial charge in [-0.15, -0.1) is 0 Å². The molecule has 5 heteroatoms. The standard InChI is InChI=1S/C15H31N3O2/c1-5-17-15(4,14-16)8-9-18(10-12-19-6-2)11-13-20-7-3/h17H,5-13H2,1-4H3. The Hall–Kier alpha value is -0.670. The van der Waals surface area contributed by atoms with Crippen LogP contribution < -0.4 is 5.32 Å². The van der Waals surface area contributed by atoms with Gasteiger partial charge < -0.3 is 9.47 Å². The third-order valence-electron chi connectivity index (χ3n) is 3.25. The maximum absolute atomic E-state index is 9.28. The molecule has 0 aromatic rings. The van der Waals surface area contributed by atoms with E-state index in [1.54, 1.807) is 0 Å². The van der Waals surface area contributed by atoms with E-state index in [0.717, 1.165) is 59.0 Å². The highest BCUT2D eigenvalue weighted by molar-refractivity contribution is 5.03. The molecule has 118 valence electrons. The lowest BCUT2D eigenvalue weighted by Gasteiger charge is -2.28. The smallest absolute Gasteiger partial charge is 0.105 e. The van der Waals surface area contributed by atoms with Crippen molar-refractivity contribution in [1.82, 2.24) is 10.2 Å². The predicted molar refractivity (Wildman–Crippen MR) is 81.7 cm³/mol. The van der Waals surface area contributed by atoms with E-state index < -0.39 is 5.54 Å². The van der Waals surface area contributed by atoms with Crippen LogP contribution in [0.5, 0.6) is 0 Å². The van der Waals surface area contributed by atoms with Gasteiger partial charge >= 0.3 is 0 Å². The summed E-state index contributed by atoms with van der Waals surface area (Å²) in [5.74, 6) is 0. The molecule has 0 rings (SSSR count). The van der Waals surface area contributed by atoms with Gasteiger partial charge in [0.2, 0.25) is 0 Å². The molecule has 0 aliphatic rings. The molecule has 0 bridgehead atoms. The van der Waals surface area contributed by atoms with Crippen molar-refractivity contribution >= 4 is 0 Å². The maximum atomic E-state index is 9.28. The Morgan fingerprint density at radius 2 is 1.60 bits per heavy atom. The minimum atomic E-state index is -0.454. The van der Waals surface area contributed by atoms with Gasteiger partial charge in [0.05, 0.1) is 19.3 Å². The quantitative estimate of drug-likeness (QED) is 0.521. The van der Waals surface area contributed by atoms with E-state index in [4.69, 9.17) is 9.47 Å². The normalized spacial score (nSPS) is 14.2. The fraction of sp³-hybridized carbons (Fsp3) is 0.933. The molecular weight excluding hydrogens is 254 g/mol. The first-order valence-corrected chi connectivity index (χ1v) is 7.66. The van der Waals surface area contributed by atoms with Crippen LogP contribution in [0.2, 0.25) is 0 Å². The number of hydrogen-bond donors (Lipinski definition) is 1. The number of hydrogen-bond acceptors (Lipinski definition) is 5. The minimum Gasteiger partial charge on any atom is -0.380 e. The SMILES string of the molecule is CCNC(C)(C#N)CCN(CCOCC)CCOCC. The average Bonchev–Trinajstić information content (AvgIpc) is 2.45. The van der Waals surface area contributed by atoms with Crippen LogP contribution in [-0.2, 0) is 9.47 Å². The average molecular weight is 285 g/mol. The highest BCUT2D eigenvalue weighted by atomic mass is 16.5. The van der Waals surface area contributed by atoms with Crippen molar-refractivity contribution in [2.75, 3.05) is 52.6 Å². The molecule has 0 fully saturated rings. The van der Waals surface area contributed by atoms with Crippen molar-refractivity contribution < 1.29 is 9.47 Å². The van der Waals surface area contributed by atoms with Crippen molar-refractivity contribution in [2.24, 2.45) is 0 Å². The lowest BCUT2D eigenvalue weighted by atomic mass is 9.99. The van der Waals surface area contributed by atoms with Crippen molar-refractivity contribution in [2.45, 2.75) is 39.7 Å². The van der Waals surface area contributed by atoms with Crippen LogP contribution in [-0.4, -0.2) is 63.0 Å². The van der Waals surface area contributed by atoms with Crippen LogP contribution >= 0.6 is 0 Å². The molecule has 20 heavy (non-hydrogen) atoms. The molecule has 0 spiro atoms. The summed E-state index contributed by atoms with van der Waals surface area (Å²) in [5, 5.41) is 12.5. The van der Waals surface area contributed by atoms with Gasteiger partial charge in [0.25, 0.3) is 0 Å². The zero-order chi connectivity index (χ0) is 15.3. The molecule has 1 atom stereocenters. The summed E-state index contributed by atoms with van der Waals surface area (Å²) in [6.07, 6.45) is 0.801. The van der Waals surface area contributed by atoms with Crippen LogP contribution in [0.3, 0.4) is 0 Å². The Morgan fingerprint density at radius 3 is 2.00 bits per heavy atom. The van der Waals surface area contributed by atoms with Gasteiger partial charge in [0.1, 0.15) is 5.54 Å². The van der Waals surface area contributed by atoms with Crippen LogP contribution in [0.15, 0.2) is 0 Å². The first-order chi connectivity index (χ1) is 9.61. The van der Waals surface area contributed by atoms with E-state index in [9.17, 15) is 5.26 Å². The van der Waals surface area contributed by atoms with Gasteiger partial charge in [-0.1, -0.05) is 6.92 Å². The summed E-state index contributed by atoms with van der Waals surface area (Å²) in [5.41, 5.74) is -0.454. The lowest BCUT2D eigenvalue weighted by molar-refractivity contribution is 0.0799. The summed E-state index contributed by atoms with van der Waals surface area (Å²) in [7, 11) is 0. The van der Waals surface area contributed by atoms with Gasteiger partial charge in [-0.2, -0.15) is 5.26 Å². The van der Waals surface area contributed by atoms with E-state index in [1.807, 2.05) is 27.7 Å². The highest BCUT2D eigenvalue weighted by Crippen LogP contribution is 2.09. The van der Waals surface area contributed by atoms with Gasteiger partial charge in [-0.05, 0) is 33.7 Å². The third-order valence-corrected chi connectivity index (χ3v) is 3.25. The number of nitrogens with zero attached hydrogens (tertiary/aromatic N) is 2. The second kappa shape index (κ2) is 12.1. The van der Waals surface area contributed by atoms with E-state index in [0.29, 0.717) is 0 Å². The van der Waals surface area contributed by atoms with Crippen molar-refractivity contribution in [3.8, 4) is 6.07 Å². The number of nitrogens with one attached hydrogen (secondary N) is 1. The van der Waals surface area contributed by atoms with E-state index in [1.165, 1.54) is 0 Å². The van der Waals surface area contributed by atoms with Crippen molar-refractivity contribution in [1.29, 1.82) is 5.26 Å². The lowest BCUT2D eigenvalue weighted by Crippen LogP contribution is -2.44. The third kappa shape index (κ3) is 9.27. The first kappa shape index (κ1) is 19.3. The Balaban J connectivity index is 4.20. The second-order valence-electron chi connectivity index (χ2n) is 4.96. The van der Waals surface area contributed by atoms with Crippen molar-refractivity contribution in [3.63, 3.8) is 0 Å². The molecule has 1 N–H and O–H groups in total. The monoisotopic (exact) mass is 285 g/mol. The fourth-order valence-electron chi connectivity index (χ4n) is 1.97. The molecule has 0 aliphatic carbocycles. The molecule has 0 aliphatic heterocycles. The van der Waals surface area contributed by atoms with E-state index in [2.05, 4.69) is 16.3 Å². The minimum absolute atomic E-state index is 0.454.